The molecule has 0 saturated heterocycles. The molecule has 2 heterocycles. The quantitative estimate of drug-likeness (QED) is 0.684. The lowest BCUT2D eigenvalue weighted by Gasteiger charge is -2.02. The maximum Gasteiger partial charge on any atom is 0.195 e. The molecule has 0 bridgehead atoms. The van der Waals surface area contributed by atoms with E-state index in [-0.39, 0.29) is 0 Å². The van der Waals surface area contributed by atoms with Gasteiger partial charge in [0.25, 0.3) is 0 Å². The molecule has 0 spiro atoms. The standard InChI is InChI=1S/C14H10N4S/c15-9-11-5-1-2-6-12(11)10-19-14-17-16-13-7-3-4-8-18(13)14/h1-8H,10H2. The zero-order valence-corrected chi connectivity index (χ0v) is 10.8. The van der Waals surface area contributed by atoms with Gasteiger partial charge >= 0.3 is 0 Å². The van der Waals surface area contributed by atoms with Crippen molar-refractivity contribution in [2.45, 2.75) is 10.9 Å². The Bertz CT molecular complexity index is 757. The molecule has 0 amide bonds. The number of hydrogen-bond acceptors (Lipinski definition) is 4. The normalized spacial score (nSPS) is 10.5. The summed E-state index contributed by atoms with van der Waals surface area (Å²) in [6.07, 6.45) is 1.94. The number of nitriles is 1. The fraction of sp³-hybridized carbons (Fsp3) is 0.0714. The summed E-state index contributed by atoms with van der Waals surface area (Å²) in [5, 5.41) is 18.2. The van der Waals surface area contributed by atoms with E-state index in [9.17, 15) is 0 Å². The van der Waals surface area contributed by atoms with Crippen LogP contribution in [0.5, 0.6) is 0 Å². The predicted molar refractivity (Wildman–Crippen MR) is 73.7 cm³/mol. The van der Waals surface area contributed by atoms with Crippen LogP contribution in [-0.4, -0.2) is 14.6 Å². The van der Waals surface area contributed by atoms with Gasteiger partial charge in [-0.1, -0.05) is 36.0 Å². The van der Waals surface area contributed by atoms with E-state index >= 15 is 0 Å². The van der Waals surface area contributed by atoms with E-state index in [4.69, 9.17) is 5.26 Å². The lowest BCUT2D eigenvalue weighted by Crippen LogP contribution is -1.90. The molecule has 2 aromatic heterocycles. The Morgan fingerprint density at radius 2 is 1.95 bits per heavy atom. The van der Waals surface area contributed by atoms with Crippen molar-refractivity contribution in [2.24, 2.45) is 0 Å². The minimum Gasteiger partial charge on any atom is -0.277 e. The van der Waals surface area contributed by atoms with Gasteiger partial charge in [0.2, 0.25) is 0 Å². The van der Waals surface area contributed by atoms with E-state index in [1.165, 1.54) is 0 Å². The van der Waals surface area contributed by atoms with Gasteiger partial charge in [0.15, 0.2) is 10.8 Å². The Hall–Kier alpha value is -2.32. The van der Waals surface area contributed by atoms with E-state index < -0.39 is 0 Å². The van der Waals surface area contributed by atoms with Gasteiger partial charge in [-0.05, 0) is 23.8 Å². The largest absolute Gasteiger partial charge is 0.277 e. The van der Waals surface area contributed by atoms with Gasteiger partial charge in [-0.15, -0.1) is 10.2 Å². The molecule has 0 aliphatic rings. The molecule has 0 aliphatic heterocycles. The Morgan fingerprint density at radius 3 is 2.84 bits per heavy atom. The van der Waals surface area contributed by atoms with Crippen LogP contribution in [0.3, 0.4) is 0 Å². The number of pyridine rings is 1. The molecule has 0 N–H and O–H groups in total. The number of hydrogen-bond donors (Lipinski definition) is 0. The maximum atomic E-state index is 9.05. The van der Waals surface area contributed by atoms with Gasteiger partial charge in [-0.2, -0.15) is 5.26 Å². The molecular weight excluding hydrogens is 256 g/mol. The van der Waals surface area contributed by atoms with Crippen LogP contribution in [0.1, 0.15) is 11.1 Å². The van der Waals surface area contributed by atoms with Crippen molar-refractivity contribution in [3.05, 3.63) is 59.8 Å². The first-order valence-electron chi connectivity index (χ1n) is 5.79. The molecular formula is C14H10N4S. The summed E-state index contributed by atoms with van der Waals surface area (Å²) >= 11 is 1.58. The van der Waals surface area contributed by atoms with Crippen LogP contribution >= 0.6 is 11.8 Å². The van der Waals surface area contributed by atoms with Gasteiger partial charge in [0, 0.05) is 11.9 Å². The van der Waals surface area contributed by atoms with Crippen molar-refractivity contribution in [3.63, 3.8) is 0 Å². The third-order valence-corrected chi connectivity index (χ3v) is 3.77. The zero-order chi connectivity index (χ0) is 13.1. The summed E-state index contributed by atoms with van der Waals surface area (Å²) in [4.78, 5) is 0. The molecule has 92 valence electrons. The summed E-state index contributed by atoms with van der Waals surface area (Å²) in [7, 11) is 0. The van der Waals surface area contributed by atoms with Gasteiger partial charge in [0.05, 0.1) is 11.6 Å². The molecule has 3 aromatic rings. The van der Waals surface area contributed by atoms with Crippen molar-refractivity contribution in [2.75, 3.05) is 0 Å². The number of nitrogens with zero attached hydrogens (tertiary/aromatic N) is 4. The van der Waals surface area contributed by atoms with E-state index in [0.29, 0.717) is 11.3 Å². The van der Waals surface area contributed by atoms with E-state index in [1.807, 2.05) is 53.1 Å². The first kappa shape index (κ1) is 11.8. The molecule has 19 heavy (non-hydrogen) atoms. The van der Waals surface area contributed by atoms with Crippen LogP contribution in [0.15, 0.2) is 53.8 Å². The average Bonchev–Trinajstić information content (AvgIpc) is 2.89. The second-order valence-corrected chi connectivity index (χ2v) is 4.91. The van der Waals surface area contributed by atoms with Crippen LogP contribution in [0, 0.1) is 11.3 Å². The van der Waals surface area contributed by atoms with Crippen LogP contribution < -0.4 is 0 Å². The molecule has 0 atom stereocenters. The fourth-order valence-corrected chi connectivity index (χ4v) is 2.74. The molecule has 0 aliphatic carbocycles. The average molecular weight is 266 g/mol. The fourth-order valence-electron chi connectivity index (χ4n) is 1.82. The third kappa shape index (κ3) is 2.30. The van der Waals surface area contributed by atoms with Crippen molar-refractivity contribution < 1.29 is 0 Å². The van der Waals surface area contributed by atoms with Crippen molar-refractivity contribution >= 4 is 17.4 Å². The molecule has 1 aromatic carbocycles. The lowest BCUT2D eigenvalue weighted by atomic mass is 10.1. The minimum atomic E-state index is 0.708. The highest BCUT2D eigenvalue weighted by Crippen LogP contribution is 2.23. The predicted octanol–water partition coefficient (Wildman–Crippen LogP) is 2.89. The minimum absolute atomic E-state index is 0.708. The molecule has 0 fully saturated rings. The van der Waals surface area contributed by atoms with Crippen LogP contribution in [0.2, 0.25) is 0 Å². The summed E-state index contributed by atoms with van der Waals surface area (Å²) in [6, 6.07) is 15.6. The van der Waals surface area contributed by atoms with Crippen LogP contribution in [0.4, 0.5) is 0 Å². The van der Waals surface area contributed by atoms with Crippen molar-refractivity contribution in [1.29, 1.82) is 5.26 Å². The first-order chi connectivity index (χ1) is 9.38. The number of rotatable bonds is 3. The first-order valence-corrected chi connectivity index (χ1v) is 6.77. The smallest absolute Gasteiger partial charge is 0.195 e. The van der Waals surface area contributed by atoms with E-state index in [0.717, 1.165) is 16.4 Å². The topological polar surface area (TPSA) is 54.0 Å². The Morgan fingerprint density at radius 1 is 1.11 bits per heavy atom. The summed E-state index contributed by atoms with van der Waals surface area (Å²) in [5.74, 6) is 0.708. The molecule has 4 nitrogen and oxygen atoms in total. The monoisotopic (exact) mass is 266 g/mol. The molecule has 3 rings (SSSR count). The highest BCUT2D eigenvalue weighted by molar-refractivity contribution is 7.98. The number of thioether (sulfide) groups is 1. The Balaban J connectivity index is 1.85. The van der Waals surface area contributed by atoms with Crippen LogP contribution in [-0.2, 0) is 5.75 Å². The molecule has 5 heteroatoms. The second kappa shape index (κ2) is 5.12. The summed E-state index contributed by atoms with van der Waals surface area (Å²) in [6.45, 7) is 0. The van der Waals surface area contributed by atoms with E-state index in [2.05, 4.69) is 16.3 Å². The summed E-state index contributed by atoms with van der Waals surface area (Å²) < 4.78 is 1.94. The number of benzene rings is 1. The number of aromatic nitrogens is 3. The van der Waals surface area contributed by atoms with Crippen molar-refractivity contribution in [3.8, 4) is 6.07 Å². The number of fused-ring (bicyclic) bond motifs is 1. The van der Waals surface area contributed by atoms with Crippen molar-refractivity contribution in [1.82, 2.24) is 14.6 Å². The van der Waals surface area contributed by atoms with Gasteiger partial charge in [-0.25, -0.2) is 0 Å². The van der Waals surface area contributed by atoms with Crippen LogP contribution in [0.25, 0.3) is 5.65 Å². The Labute approximate surface area is 114 Å². The second-order valence-electron chi connectivity index (χ2n) is 3.97. The zero-order valence-electron chi connectivity index (χ0n) is 10.0. The summed E-state index contributed by atoms with van der Waals surface area (Å²) in [5.41, 5.74) is 2.56. The molecule has 0 saturated carbocycles. The Kier molecular flexibility index (Phi) is 3.17. The maximum absolute atomic E-state index is 9.05. The van der Waals surface area contributed by atoms with Gasteiger partial charge < -0.3 is 0 Å². The van der Waals surface area contributed by atoms with E-state index in [1.54, 1.807) is 11.8 Å². The molecule has 0 radical (unpaired) electrons. The third-order valence-electron chi connectivity index (χ3n) is 2.78. The van der Waals surface area contributed by atoms with Gasteiger partial charge in [-0.3, -0.25) is 4.40 Å². The molecule has 0 unspecified atom stereocenters. The lowest BCUT2D eigenvalue weighted by molar-refractivity contribution is 0.921. The highest BCUT2D eigenvalue weighted by Gasteiger charge is 2.07. The SMILES string of the molecule is N#Cc1ccccc1CSc1nnc2ccccn12. The highest BCUT2D eigenvalue weighted by atomic mass is 32.2. The van der Waals surface area contributed by atoms with Gasteiger partial charge in [0.1, 0.15) is 0 Å².